The quantitative estimate of drug-likeness (QED) is 0.452. The van der Waals surface area contributed by atoms with Gasteiger partial charge in [0.25, 0.3) is 0 Å². The van der Waals surface area contributed by atoms with Crippen LogP contribution in [-0.4, -0.2) is 0 Å². The van der Waals surface area contributed by atoms with E-state index >= 15 is 0 Å². The van der Waals surface area contributed by atoms with Crippen molar-refractivity contribution in [3.05, 3.63) is 67.7 Å². The van der Waals surface area contributed by atoms with Crippen LogP contribution in [0.3, 0.4) is 0 Å². The minimum Gasteiger partial charge on any atom is -0.271 e. The Kier molecular flexibility index (Phi) is 5.17. The molecule has 3 N–H and O–H groups in total. The van der Waals surface area contributed by atoms with Gasteiger partial charge in [-0.1, -0.05) is 46.3 Å². The first-order valence-corrected chi connectivity index (χ1v) is 7.53. The minimum absolute atomic E-state index is 0.126. The molecule has 0 radical (unpaired) electrons. The smallest absolute Gasteiger partial charge is 0.0500 e. The maximum absolute atomic E-state index is 5.67. The minimum atomic E-state index is 0.126. The highest BCUT2D eigenvalue weighted by Crippen LogP contribution is 2.23. The van der Waals surface area contributed by atoms with Gasteiger partial charge in [0.2, 0.25) is 0 Å². The topological polar surface area (TPSA) is 38.0 Å². The molecule has 18 heavy (non-hydrogen) atoms. The molecule has 0 aromatic heterocycles. The zero-order valence-electron chi connectivity index (χ0n) is 9.74. The molecular weight excluding hydrogens is 403 g/mol. The Bertz CT molecular complexity index is 513. The summed E-state index contributed by atoms with van der Waals surface area (Å²) in [4.78, 5) is 0. The number of hydrazine groups is 1. The average Bonchev–Trinajstić information content (AvgIpc) is 2.39. The lowest BCUT2D eigenvalue weighted by atomic mass is 9.99. The zero-order valence-corrected chi connectivity index (χ0v) is 13.5. The van der Waals surface area contributed by atoms with Gasteiger partial charge in [-0.2, -0.15) is 0 Å². The summed E-state index contributed by atoms with van der Waals surface area (Å²) in [5.74, 6) is 5.67. The SMILES string of the molecule is NNC(Cc1ccccc1Br)c1ccc(I)cc1. The van der Waals surface area contributed by atoms with Gasteiger partial charge in [0.15, 0.2) is 0 Å². The number of benzene rings is 2. The van der Waals surface area contributed by atoms with E-state index in [1.54, 1.807) is 0 Å². The highest BCUT2D eigenvalue weighted by Gasteiger charge is 2.11. The molecule has 0 amide bonds. The number of nitrogens with two attached hydrogens (primary N) is 1. The van der Waals surface area contributed by atoms with Crippen LogP contribution in [0.1, 0.15) is 17.2 Å². The molecule has 0 heterocycles. The molecule has 0 spiro atoms. The lowest BCUT2D eigenvalue weighted by molar-refractivity contribution is 0.551. The summed E-state index contributed by atoms with van der Waals surface area (Å²) < 4.78 is 2.35. The number of rotatable bonds is 4. The van der Waals surface area contributed by atoms with E-state index in [4.69, 9.17) is 5.84 Å². The molecule has 0 bridgehead atoms. The van der Waals surface area contributed by atoms with E-state index < -0.39 is 0 Å². The normalized spacial score (nSPS) is 12.4. The van der Waals surface area contributed by atoms with Crippen LogP contribution in [0.4, 0.5) is 0 Å². The summed E-state index contributed by atoms with van der Waals surface area (Å²) in [6, 6.07) is 16.8. The van der Waals surface area contributed by atoms with E-state index in [1.165, 1.54) is 14.7 Å². The Hall–Kier alpha value is -0.430. The number of hydrogen-bond donors (Lipinski definition) is 2. The standard InChI is InChI=1S/C14H14BrIN2/c15-13-4-2-1-3-11(13)9-14(18-17)10-5-7-12(16)8-6-10/h1-8,14,18H,9,17H2. The van der Waals surface area contributed by atoms with Gasteiger partial charge < -0.3 is 0 Å². The molecule has 2 rings (SSSR count). The molecule has 2 nitrogen and oxygen atoms in total. The molecule has 1 unspecified atom stereocenters. The molecule has 0 fully saturated rings. The highest BCUT2D eigenvalue weighted by atomic mass is 127. The Balaban J connectivity index is 2.20. The van der Waals surface area contributed by atoms with E-state index in [2.05, 4.69) is 80.3 Å². The molecular formula is C14H14BrIN2. The largest absolute Gasteiger partial charge is 0.271 e. The van der Waals surface area contributed by atoms with Crippen molar-refractivity contribution in [3.63, 3.8) is 0 Å². The second kappa shape index (κ2) is 6.65. The highest BCUT2D eigenvalue weighted by molar-refractivity contribution is 14.1. The van der Waals surface area contributed by atoms with Crippen LogP contribution in [-0.2, 0) is 6.42 Å². The van der Waals surface area contributed by atoms with Crippen molar-refractivity contribution in [2.45, 2.75) is 12.5 Å². The molecule has 1 atom stereocenters. The first-order valence-electron chi connectivity index (χ1n) is 5.65. The molecule has 0 saturated carbocycles. The summed E-state index contributed by atoms with van der Waals surface area (Å²) in [7, 11) is 0. The van der Waals surface area contributed by atoms with Crippen molar-refractivity contribution < 1.29 is 0 Å². The van der Waals surface area contributed by atoms with Crippen molar-refractivity contribution in [1.82, 2.24) is 5.43 Å². The fraction of sp³-hybridized carbons (Fsp3) is 0.143. The van der Waals surface area contributed by atoms with E-state index in [9.17, 15) is 0 Å². The second-order valence-corrected chi connectivity index (χ2v) is 6.17. The third kappa shape index (κ3) is 3.54. The summed E-state index contributed by atoms with van der Waals surface area (Å²) in [5, 5.41) is 0. The molecule has 2 aromatic rings. The second-order valence-electron chi connectivity index (χ2n) is 4.07. The zero-order chi connectivity index (χ0) is 13.0. The van der Waals surface area contributed by atoms with Crippen molar-refractivity contribution in [3.8, 4) is 0 Å². The Labute approximate surface area is 129 Å². The molecule has 4 heteroatoms. The van der Waals surface area contributed by atoms with Gasteiger partial charge >= 0.3 is 0 Å². The van der Waals surface area contributed by atoms with Gasteiger partial charge in [0.05, 0.1) is 6.04 Å². The van der Waals surface area contributed by atoms with E-state index in [-0.39, 0.29) is 6.04 Å². The number of halogens is 2. The lowest BCUT2D eigenvalue weighted by Gasteiger charge is -2.17. The van der Waals surface area contributed by atoms with Crippen molar-refractivity contribution >= 4 is 38.5 Å². The van der Waals surface area contributed by atoms with Crippen LogP contribution in [0.2, 0.25) is 0 Å². The monoisotopic (exact) mass is 416 g/mol. The van der Waals surface area contributed by atoms with Crippen molar-refractivity contribution in [2.24, 2.45) is 5.84 Å². The van der Waals surface area contributed by atoms with Crippen LogP contribution in [0.5, 0.6) is 0 Å². The average molecular weight is 417 g/mol. The fourth-order valence-electron chi connectivity index (χ4n) is 1.85. The van der Waals surface area contributed by atoms with Gasteiger partial charge in [-0.05, 0) is 58.3 Å². The van der Waals surface area contributed by atoms with Crippen molar-refractivity contribution in [2.75, 3.05) is 0 Å². The van der Waals surface area contributed by atoms with Crippen LogP contribution >= 0.6 is 38.5 Å². The fourth-order valence-corrected chi connectivity index (χ4v) is 2.66. The molecule has 2 aromatic carbocycles. The van der Waals surface area contributed by atoms with Gasteiger partial charge in [-0.15, -0.1) is 0 Å². The number of hydrogen-bond acceptors (Lipinski definition) is 2. The summed E-state index contributed by atoms with van der Waals surface area (Å²) in [6.07, 6.45) is 0.860. The molecule has 0 aliphatic heterocycles. The first kappa shape index (κ1) is 14.0. The van der Waals surface area contributed by atoms with E-state index in [0.717, 1.165) is 10.9 Å². The van der Waals surface area contributed by atoms with Crippen LogP contribution in [0.25, 0.3) is 0 Å². The molecule has 0 aliphatic rings. The van der Waals surface area contributed by atoms with Crippen LogP contribution in [0.15, 0.2) is 53.0 Å². The summed E-state index contributed by atoms with van der Waals surface area (Å²) >= 11 is 5.87. The summed E-state index contributed by atoms with van der Waals surface area (Å²) in [6.45, 7) is 0. The predicted octanol–water partition coefficient (Wildman–Crippen LogP) is 3.80. The number of nitrogens with one attached hydrogen (secondary N) is 1. The van der Waals surface area contributed by atoms with Gasteiger partial charge in [-0.25, -0.2) is 0 Å². The third-order valence-corrected chi connectivity index (χ3v) is 4.35. The van der Waals surface area contributed by atoms with Gasteiger partial charge in [-0.3, -0.25) is 11.3 Å². The maximum Gasteiger partial charge on any atom is 0.0500 e. The van der Waals surface area contributed by atoms with Crippen molar-refractivity contribution in [1.29, 1.82) is 0 Å². The van der Waals surface area contributed by atoms with E-state index in [0.29, 0.717) is 0 Å². The maximum atomic E-state index is 5.67. The van der Waals surface area contributed by atoms with Gasteiger partial charge in [0.1, 0.15) is 0 Å². The molecule has 94 valence electrons. The van der Waals surface area contributed by atoms with Gasteiger partial charge in [0, 0.05) is 8.04 Å². The van der Waals surface area contributed by atoms with E-state index in [1.807, 2.05) is 12.1 Å². The van der Waals surface area contributed by atoms with Crippen LogP contribution in [0, 0.1) is 3.57 Å². The lowest BCUT2D eigenvalue weighted by Crippen LogP contribution is -2.29. The van der Waals surface area contributed by atoms with Crippen LogP contribution < -0.4 is 11.3 Å². The Morgan fingerprint density at radius 1 is 1.11 bits per heavy atom. The molecule has 0 saturated heterocycles. The predicted molar refractivity (Wildman–Crippen MR) is 87.1 cm³/mol. The third-order valence-electron chi connectivity index (χ3n) is 2.86. The first-order chi connectivity index (χ1) is 8.70. The Morgan fingerprint density at radius 3 is 2.39 bits per heavy atom. The molecule has 0 aliphatic carbocycles. The summed E-state index contributed by atoms with van der Waals surface area (Å²) in [5.41, 5.74) is 5.34. The Morgan fingerprint density at radius 2 is 1.78 bits per heavy atom.